The van der Waals surface area contributed by atoms with Crippen molar-refractivity contribution in [1.29, 1.82) is 0 Å². The van der Waals surface area contributed by atoms with Crippen LogP contribution in [0.15, 0.2) is 146 Å². The Balaban J connectivity index is 0.000000151. The summed E-state index contributed by atoms with van der Waals surface area (Å²) in [6, 6.07) is 39.6. The Bertz CT molecular complexity index is 5540. The monoisotopic (exact) mass is 1650 g/mol. The van der Waals surface area contributed by atoms with Crippen LogP contribution in [0.2, 0.25) is 15.1 Å². The lowest BCUT2D eigenvalue weighted by Gasteiger charge is -2.39. The molecule has 0 radical (unpaired) electrons. The van der Waals surface area contributed by atoms with E-state index in [-0.39, 0.29) is 78.8 Å². The van der Waals surface area contributed by atoms with Crippen LogP contribution in [0.25, 0.3) is 66.5 Å². The van der Waals surface area contributed by atoms with Crippen LogP contribution < -0.4 is 11.5 Å². The van der Waals surface area contributed by atoms with Gasteiger partial charge in [0.1, 0.15) is 11.6 Å². The lowest BCUT2D eigenvalue weighted by molar-refractivity contribution is 0.0412. The molecule has 116 heavy (non-hydrogen) atoms. The molecular weight excluding hydrogens is 1560 g/mol. The zero-order valence-corrected chi connectivity index (χ0v) is 68.6. The Morgan fingerprint density at radius 2 is 0.897 bits per heavy atom. The van der Waals surface area contributed by atoms with Gasteiger partial charge in [-0.2, -0.15) is 13.5 Å². The van der Waals surface area contributed by atoms with Crippen LogP contribution >= 0.6 is 48.3 Å². The predicted octanol–water partition coefficient (Wildman–Crippen LogP) is 13.6. The highest BCUT2D eigenvalue weighted by Gasteiger charge is 2.35. The summed E-state index contributed by atoms with van der Waals surface area (Å²) in [6.45, 7) is 14.2. The lowest BCUT2D eigenvalue weighted by Crippen LogP contribution is -2.55. The number of carbonyl (C=O) groups is 6. The maximum atomic E-state index is 14.3. The summed E-state index contributed by atoms with van der Waals surface area (Å²) in [5, 5.41) is 20.0. The van der Waals surface area contributed by atoms with Gasteiger partial charge in [-0.1, -0.05) is 108 Å². The maximum Gasteiger partial charge on any atom is 0.410 e. The fourth-order valence-electron chi connectivity index (χ4n) is 14.3. The molecule has 5 fully saturated rings. The van der Waals surface area contributed by atoms with Crippen molar-refractivity contribution in [2.24, 2.45) is 11.5 Å². The molecule has 604 valence electrons. The van der Waals surface area contributed by atoms with Gasteiger partial charge in [0.25, 0.3) is 29.5 Å². The van der Waals surface area contributed by atoms with E-state index in [0.29, 0.717) is 197 Å². The zero-order valence-electron chi connectivity index (χ0n) is 65.3. The Hall–Kier alpha value is -10.6. The van der Waals surface area contributed by atoms with E-state index in [9.17, 15) is 37.5 Å². The van der Waals surface area contributed by atoms with E-state index in [0.717, 1.165) is 65.3 Å². The van der Waals surface area contributed by atoms with Gasteiger partial charge >= 0.3 is 6.09 Å². The van der Waals surface area contributed by atoms with Crippen molar-refractivity contribution in [1.82, 2.24) is 79.2 Å². The number of rotatable bonds is 17. The molecule has 4 N–H and O–H groups in total. The number of hydrogen-bond acceptors (Lipinski definition) is 17. The van der Waals surface area contributed by atoms with Crippen molar-refractivity contribution in [2.75, 3.05) is 99.2 Å². The highest BCUT2D eigenvalue weighted by atomic mass is 35.5. The first-order valence-corrected chi connectivity index (χ1v) is 39.7. The van der Waals surface area contributed by atoms with Crippen LogP contribution in [0.4, 0.5) is 13.6 Å². The van der Waals surface area contributed by atoms with Gasteiger partial charge in [0, 0.05) is 164 Å². The number of fused-ring (bicyclic) bond motifs is 3. The number of ether oxygens (including phenoxy) is 1. The Kier molecular flexibility index (Phi) is 25.8. The van der Waals surface area contributed by atoms with E-state index in [2.05, 4.69) is 46.6 Å². The van der Waals surface area contributed by atoms with Crippen LogP contribution in [-0.4, -0.2) is 220 Å². The molecule has 6 aromatic carbocycles. The van der Waals surface area contributed by atoms with Crippen LogP contribution in [0.1, 0.15) is 141 Å². The maximum absolute atomic E-state index is 14.3. The first-order chi connectivity index (χ1) is 55.3. The van der Waals surface area contributed by atoms with E-state index in [1.165, 1.54) is 12.1 Å². The number of aromatic nitrogens is 9. The summed E-state index contributed by atoms with van der Waals surface area (Å²) in [5.74, 6) is -1.34. The molecule has 2 saturated carbocycles. The number of halogens is 5. The lowest BCUT2D eigenvalue weighted by atomic mass is 9.84. The SMILES string of the molecule is CCCOC(=O)N1CCN(C(=O)c2ccc3c(Cl)cc(-c4ccc(C(C)(C)CN)cc4)nc3c2)C[C@@H]1C.CN(C)Cc1cc(-c2cc(Cl)c3ccc(C(=O)N4CCN(C(=O)c5cn(C6CC6)nn5)CC4)cc3n2)ccc1F.NCc1cc(-c2cc(Cl)c3ccc(C(=O)N4CCN(C(=O)c5cn(C6CC6)nn5)CC4)cc3n2)ccc1F.S. The highest BCUT2D eigenvalue weighted by molar-refractivity contribution is 7.59. The minimum Gasteiger partial charge on any atom is -0.449 e. The summed E-state index contributed by atoms with van der Waals surface area (Å²) in [7, 11) is 3.77. The quantitative estimate of drug-likeness (QED) is 0.0856. The molecule has 5 aliphatic rings. The van der Waals surface area contributed by atoms with Crippen molar-refractivity contribution in [2.45, 2.75) is 96.4 Å². The van der Waals surface area contributed by atoms with E-state index in [1.54, 1.807) is 136 Å². The topological polar surface area (TPSA) is 286 Å². The van der Waals surface area contributed by atoms with Crippen LogP contribution in [0.3, 0.4) is 0 Å². The molecule has 2 aliphatic carbocycles. The molecule has 11 aromatic rings. The molecule has 8 heterocycles. The average molecular weight is 1650 g/mol. The van der Waals surface area contributed by atoms with E-state index in [4.69, 9.17) is 66.0 Å². The minimum absolute atomic E-state index is 0. The second-order valence-corrected chi connectivity index (χ2v) is 31.8. The number of amides is 6. The van der Waals surface area contributed by atoms with Crippen molar-refractivity contribution in [3.05, 3.63) is 217 Å². The number of hydrogen-bond donors (Lipinski definition) is 2. The van der Waals surface area contributed by atoms with Gasteiger partial charge in [0.15, 0.2) is 11.4 Å². The molecule has 25 nitrogen and oxygen atoms in total. The van der Waals surface area contributed by atoms with Gasteiger partial charge in [0.05, 0.1) is 79.8 Å². The van der Waals surface area contributed by atoms with E-state index >= 15 is 0 Å². The largest absolute Gasteiger partial charge is 0.449 e. The summed E-state index contributed by atoms with van der Waals surface area (Å²) >= 11 is 19.8. The van der Waals surface area contributed by atoms with Crippen LogP contribution in [0, 0.1) is 11.6 Å². The predicted molar refractivity (Wildman–Crippen MR) is 448 cm³/mol. The Labute approximate surface area is 692 Å². The third kappa shape index (κ3) is 18.8. The second kappa shape index (κ2) is 35.9. The molecule has 3 aliphatic heterocycles. The van der Waals surface area contributed by atoms with Crippen LogP contribution in [0.5, 0.6) is 0 Å². The molecule has 0 bridgehead atoms. The molecular formula is C85H91Cl3F2N18O7S. The Morgan fingerprint density at radius 1 is 0.509 bits per heavy atom. The van der Waals surface area contributed by atoms with Gasteiger partial charge in [0.2, 0.25) is 0 Å². The molecule has 16 rings (SSSR count). The molecule has 0 spiro atoms. The normalized spacial score (nSPS) is 15.8. The fourth-order valence-corrected chi connectivity index (χ4v) is 15.1. The summed E-state index contributed by atoms with van der Waals surface area (Å²) in [6.07, 6.45) is 8.15. The van der Waals surface area contributed by atoms with Gasteiger partial charge in [-0.25, -0.2) is 37.9 Å². The molecule has 31 heteroatoms. The number of benzene rings is 6. The minimum atomic E-state index is -0.373. The second-order valence-electron chi connectivity index (χ2n) is 30.6. The van der Waals surface area contributed by atoms with Gasteiger partial charge in [-0.05, 0) is 150 Å². The fraction of sp³-hybridized carbons (Fsp3) is 0.353. The van der Waals surface area contributed by atoms with E-state index < -0.39 is 0 Å². The number of pyridine rings is 3. The first-order valence-electron chi connectivity index (χ1n) is 38.6. The van der Waals surface area contributed by atoms with Crippen molar-refractivity contribution >= 4 is 117 Å². The Morgan fingerprint density at radius 3 is 1.29 bits per heavy atom. The standard InChI is InChI=1S/C29H29ClFN7O2.C29H35ClN4O3.C27H25ClFN7O2.H2S/c1-35(2)16-20-13-18(4-8-24(20)31)25-15-23(30)22-7-3-19(14-26(22)32-25)28(39)36-9-11-37(12-10-36)29(40)27-17-38(34-33-27)21-5-6-21;1-5-14-37-28(36)34-13-12-33(17-19(34)2)27(35)21-8-11-23-24(30)16-25(32-26(23)15-21)20-6-9-22(10-7-20)29(3,4)18-31;28-21-13-23(16-2-6-22(29)18(11-16)14-30)31-24-12-17(1-5-20(21)24)26(37)34-7-9-35(10-8-34)27(38)25-15-36(33-32-25)19-3-4-19;/h3-4,7-8,13-15,17,21H,5-6,9-12,16H2,1-2H3;6-11,15-16,19H,5,12-14,17-18,31H2,1-4H3;1-2,5-6,11-13,15,19H,3-4,7-10,14,30H2;1H2/t;19-;;/m.0../s1. The van der Waals surface area contributed by atoms with Crippen molar-refractivity contribution in [3.63, 3.8) is 0 Å². The van der Waals surface area contributed by atoms with Crippen molar-refractivity contribution in [3.8, 4) is 33.8 Å². The smallest absolute Gasteiger partial charge is 0.410 e. The molecule has 5 aromatic heterocycles. The third-order valence-electron chi connectivity index (χ3n) is 21.5. The summed E-state index contributed by atoms with van der Waals surface area (Å²) in [4.78, 5) is 105. The number of piperazine rings is 3. The summed E-state index contributed by atoms with van der Waals surface area (Å²) in [5.41, 5.74) is 21.9. The number of nitrogens with zero attached hydrogens (tertiary/aromatic N) is 16. The third-order valence-corrected chi connectivity index (χ3v) is 22.4. The molecule has 6 amide bonds. The van der Waals surface area contributed by atoms with Crippen LogP contribution in [-0.2, 0) is 23.2 Å². The first kappa shape index (κ1) is 83.4. The molecule has 0 unspecified atom stereocenters. The van der Waals surface area contributed by atoms with E-state index in [1.807, 2.05) is 57.1 Å². The molecule has 3 saturated heterocycles. The zero-order chi connectivity index (χ0) is 81.1. The van der Waals surface area contributed by atoms with Gasteiger partial charge in [-0.15, -0.1) is 10.2 Å². The number of carbonyl (C=O) groups excluding carboxylic acids is 6. The van der Waals surface area contributed by atoms with Crippen molar-refractivity contribution < 1.29 is 42.3 Å². The van der Waals surface area contributed by atoms with Gasteiger partial charge in [-0.3, -0.25) is 24.0 Å². The summed E-state index contributed by atoms with van der Waals surface area (Å²) < 4.78 is 37.1. The van der Waals surface area contributed by atoms with Gasteiger partial charge < -0.3 is 50.5 Å². The average Bonchev–Trinajstić information content (AvgIpc) is 1.76. The molecule has 1 atom stereocenters. The highest BCUT2D eigenvalue weighted by Crippen LogP contribution is 2.38. The number of nitrogens with two attached hydrogens (primary N) is 2.